The molecule has 0 heterocycles. The van der Waals surface area contributed by atoms with E-state index in [9.17, 15) is 9.59 Å². The van der Waals surface area contributed by atoms with Crippen LogP contribution in [-0.2, 0) is 9.59 Å². The fourth-order valence-electron chi connectivity index (χ4n) is 2.29. The van der Waals surface area contributed by atoms with Gasteiger partial charge in [0, 0.05) is 23.9 Å². The smallest absolute Gasteiger partial charge is 0.303 e. The largest absolute Gasteiger partial charge is 0.481 e. The van der Waals surface area contributed by atoms with Crippen molar-refractivity contribution in [3.05, 3.63) is 34.3 Å². The molecule has 1 unspecified atom stereocenters. The number of benzene rings is 1. The monoisotopic (exact) mass is 355 g/mol. The van der Waals surface area contributed by atoms with E-state index in [0.717, 1.165) is 16.5 Å². The lowest BCUT2D eigenvalue weighted by Crippen LogP contribution is -2.34. The van der Waals surface area contributed by atoms with Crippen LogP contribution in [0.5, 0.6) is 0 Å². The first kappa shape index (κ1) is 17.7. The summed E-state index contributed by atoms with van der Waals surface area (Å²) >= 11 is 3.52. The fraction of sp³-hybridized carbons (Fsp3) is 0.500. The number of rotatable bonds is 8. The normalized spacial score (nSPS) is 12.0. The summed E-state index contributed by atoms with van der Waals surface area (Å²) in [4.78, 5) is 24.7. The summed E-state index contributed by atoms with van der Waals surface area (Å²) < 4.78 is 0.983. The first-order chi connectivity index (χ1) is 9.97. The minimum Gasteiger partial charge on any atom is -0.481 e. The van der Waals surface area contributed by atoms with Crippen molar-refractivity contribution in [3.63, 3.8) is 0 Å². The number of nitrogens with zero attached hydrogens (tertiary/aromatic N) is 1. The summed E-state index contributed by atoms with van der Waals surface area (Å²) in [6.45, 7) is 4.71. The second kappa shape index (κ2) is 8.82. The Kier molecular flexibility index (Phi) is 7.43. The Balaban J connectivity index is 2.78. The SMILES string of the molecule is CCCN(C(=O)CCCC(=O)O)C(C)c1ccccc1Br. The van der Waals surface area contributed by atoms with Gasteiger partial charge in [-0.15, -0.1) is 0 Å². The average Bonchev–Trinajstić information content (AvgIpc) is 2.44. The van der Waals surface area contributed by atoms with Crippen LogP contribution in [0, 0.1) is 0 Å². The van der Waals surface area contributed by atoms with Gasteiger partial charge in [-0.1, -0.05) is 41.1 Å². The van der Waals surface area contributed by atoms with Crippen molar-refractivity contribution in [2.45, 2.75) is 45.6 Å². The summed E-state index contributed by atoms with van der Waals surface area (Å²) in [6, 6.07) is 7.83. The van der Waals surface area contributed by atoms with Crippen molar-refractivity contribution in [1.29, 1.82) is 0 Å². The van der Waals surface area contributed by atoms with Crippen LogP contribution in [0.1, 0.15) is 51.1 Å². The molecule has 1 amide bonds. The van der Waals surface area contributed by atoms with E-state index in [0.29, 0.717) is 13.0 Å². The number of carbonyl (C=O) groups is 2. The third-order valence-corrected chi connectivity index (χ3v) is 4.11. The number of amides is 1. The molecule has 1 N–H and O–H groups in total. The van der Waals surface area contributed by atoms with Crippen molar-refractivity contribution in [1.82, 2.24) is 4.90 Å². The van der Waals surface area contributed by atoms with Gasteiger partial charge in [0.05, 0.1) is 6.04 Å². The van der Waals surface area contributed by atoms with Gasteiger partial charge in [0.15, 0.2) is 0 Å². The molecule has 0 saturated heterocycles. The topological polar surface area (TPSA) is 57.6 Å². The summed E-state index contributed by atoms with van der Waals surface area (Å²) in [7, 11) is 0. The molecule has 0 aliphatic rings. The molecule has 5 heteroatoms. The third kappa shape index (κ3) is 5.50. The van der Waals surface area contributed by atoms with Crippen LogP contribution in [0.3, 0.4) is 0 Å². The molecule has 0 aliphatic carbocycles. The first-order valence-corrected chi connectivity index (χ1v) is 8.02. The standard InChI is InChI=1S/C16H22BrNO3/c1-3-11-18(15(19)9-6-10-16(20)21)12(2)13-7-4-5-8-14(13)17/h4-5,7-8,12H,3,6,9-11H2,1-2H3,(H,20,21). The summed E-state index contributed by atoms with van der Waals surface area (Å²) in [5, 5.41) is 8.66. The molecule has 1 atom stereocenters. The first-order valence-electron chi connectivity index (χ1n) is 7.23. The van der Waals surface area contributed by atoms with Gasteiger partial charge in [0.25, 0.3) is 0 Å². The maximum Gasteiger partial charge on any atom is 0.303 e. The molecule has 0 saturated carbocycles. The highest BCUT2D eigenvalue weighted by Crippen LogP contribution is 2.28. The number of carboxylic acids is 1. The van der Waals surface area contributed by atoms with Crippen LogP contribution in [0.4, 0.5) is 0 Å². The zero-order valence-corrected chi connectivity index (χ0v) is 14.1. The van der Waals surface area contributed by atoms with E-state index in [4.69, 9.17) is 5.11 Å². The van der Waals surface area contributed by atoms with Gasteiger partial charge in [-0.05, 0) is 31.4 Å². The Morgan fingerprint density at radius 3 is 2.52 bits per heavy atom. The maximum atomic E-state index is 12.4. The fourth-order valence-corrected chi connectivity index (χ4v) is 2.91. The van der Waals surface area contributed by atoms with Crippen molar-refractivity contribution >= 4 is 27.8 Å². The van der Waals surface area contributed by atoms with Crippen LogP contribution in [0.25, 0.3) is 0 Å². The number of carbonyl (C=O) groups excluding carboxylic acids is 1. The molecule has 0 aromatic heterocycles. The number of hydrogen-bond donors (Lipinski definition) is 1. The van der Waals surface area contributed by atoms with Crippen molar-refractivity contribution in [3.8, 4) is 0 Å². The molecule has 1 aromatic rings. The zero-order chi connectivity index (χ0) is 15.8. The molecular formula is C16H22BrNO3. The highest BCUT2D eigenvalue weighted by molar-refractivity contribution is 9.10. The summed E-state index contributed by atoms with van der Waals surface area (Å²) in [5.74, 6) is -0.843. The van der Waals surface area contributed by atoms with E-state index in [-0.39, 0.29) is 24.8 Å². The van der Waals surface area contributed by atoms with Gasteiger partial charge >= 0.3 is 5.97 Å². The highest BCUT2D eigenvalue weighted by atomic mass is 79.9. The number of hydrogen-bond acceptors (Lipinski definition) is 2. The second-order valence-corrected chi connectivity index (χ2v) is 5.89. The Morgan fingerprint density at radius 2 is 1.95 bits per heavy atom. The van der Waals surface area contributed by atoms with E-state index in [2.05, 4.69) is 15.9 Å². The lowest BCUT2D eigenvalue weighted by molar-refractivity contribution is -0.137. The molecule has 0 spiro atoms. The van der Waals surface area contributed by atoms with Gasteiger partial charge < -0.3 is 10.0 Å². The molecule has 116 valence electrons. The number of aliphatic carboxylic acids is 1. The average molecular weight is 356 g/mol. The molecule has 21 heavy (non-hydrogen) atoms. The van der Waals surface area contributed by atoms with E-state index in [1.54, 1.807) is 0 Å². The van der Waals surface area contributed by atoms with Gasteiger partial charge in [-0.2, -0.15) is 0 Å². The Bertz CT molecular complexity index is 490. The maximum absolute atomic E-state index is 12.4. The minimum absolute atomic E-state index is 0.0151. The minimum atomic E-state index is -0.858. The van der Waals surface area contributed by atoms with Gasteiger partial charge in [-0.25, -0.2) is 0 Å². The Morgan fingerprint density at radius 1 is 1.29 bits per heavy atom. The predicted molar refractivity (Wildman–Crippen MR) is 86.0 cm³/mol. The van der Waals surface area contributed by atoms with E-state index >= 15 is 0 Å². The molecule has 0 fully saturated rings. The van der Waals surface area contributed by atoms with Crippen LogP contribution in [-0.4, -0.2) is 28.4 Å². The van der Waals surface area contributed by atoms with Crippen LogP contribution < -0.4 is 0 Å². The van der Waals surface area contributed by atoms with E-state index in [1.165, 1.54) is 0 Å². The molecule has 0 bridgehead atoms. The van der Waals surface area contributed by atoms with Crippen molar-refractivity contribution in [2.24, 2.45) is 0 Å². The third-order valence-electron chi connectivity index (χ3n) is 3.39. The number of halogens is 1. The molecule has 0 aliphatic heterocycles. The van der Waals surface area contributed by atoms with Gasteiger partial charge in [0.1, 0.15) is 0 Å². The van der Waals surface area contributed by atoms with Crippen LogP contribution in [0.15, 0.2) is 28.7 Å². The van der Waals surface area contributed by atoms with E-state index < -0.39 is 5.97 Å². The zero-order valence-electron chi connectivity index (χ0n) is 12.5. The Labute approximate surface area is 134 Å². The summed E-state index contributed by atoms with van der Waals surface area (Å²) in [6.07, 6.45) is 1.58. The highest BCUT2D eigenvalue weighted by Gasteiger charge is 2.21. The van der Waals surface area contributed by atoms with Gasteiger partial charge in [0.2, 0.25) is 5.91 Å². The predicted octanol–water partition coefficient (Wildman–Crippen LogP) is 4.00. The van der Waals surface area contributed by atoms with Crippen molar-refractivity contribution in [2.75, 3.05) is 6.54 Å². The van der Waals surface area contributed by atoms with Crippen molar-refractivity contribution < 1.29 is 14.7 Å². The Hall–Kier alpha value is -1.36. The molecule has 4 nitrogen and oxygen atoms in total. The lowest BCUT2D eigenvalue weighted by Gasteiger charge is -2.30. The van der Waals surface area contributed by atoms with Gasteiger partial charge in [-0.3, -0.25) is 9.59 Å². The molecule has 0 radical (unpaired) electrons. The van der Waals surface area contributed by atoms with Crippen LogP contribution >= 0.6 is 15.9 Å². The second-order valence-electron chi connectivity index (χ2n) is 5.03. The molecular weight excluding hydrogens is 334 g/mol. The van der Waals surface area contributed by atoms with E-state index in [1.807, 2.05) is 43.0 Å². The molecule has 1 aromatic carbocycles. The molecule has 1 rings (SSSR count). The quantitative estimate of drug-likeness (QED) is 0.766. The lowest BCUT2D eigenvalue weighted by atomic mass is 10.1. The van der Waals surface area contributed by atoms with Crippen LogP contribution in [0.2, 0.25) is 0 Å². The summed E-state index contributed by atoms with van der Waals surface area (Å²) in [5.41, 5.74) is 1.07. The number of carboxylic acid groups (broad SMARTS) is 1.